The van der Waals surface area contributed by atoms with Crippen molar-refractivity contribution in [3.8, 4) is 11.4 Å². The van der Waals surface area contributed by atoms with Crippen LogP contribution in [0, 0.1) is 11.8 Å². The minimum Gasteiger partial charge on any atom is -0.457 e. The molecule has 0 aliphatic rings. The Morgan fingerprint density at radius 2 is 1.83 bits per heavy atom. The second-order valence-electron chi connectivity index (χ2n) is 6.11. The van der Waals surface area contributed by atoms with Gasteiger partial charge in [0.2, 0.25) is 5.95 Å². The van der Waals surface area contributed by atoms with Crippen molar-refractivity contribution < 1.29 is 27.1 Å². The quantitative estimate of drug-likeness (QED) is 0.353. The summed E-state index contributed by atoms with van der Waals surface area (Å²) in [7, 11) is 1.57. The van der Waals surface area contributed by atoms with E-state index in [1.54, 1.807) is 7.05 Å². The van der Waals surface area contributed by atoms with Crippen LogP contribution in [0.25, 0.3) is 11.4 Å². The van der Waals surface area contributed by atoms with E-state index in [4.69, 9.17) is 4.74 Å². The lowest BCUT2D eigenvalue weighted by molar-refractivity contribution is -0.148. The lowest BCUT2D eigenvalue weighted by atomic mass is 10.1. The lowest BCUT2D eigenvalue weighted by Gasteiger charge is -2.14. The third-order valence-electron chi connectivity index (χ3n) is 4.12. The van der Waals surface area contributed by atoms with Gasteiger partial charge in [-0.2, -0.15) is 9.49 Å². The number of hydrogen-bond acceptors (Lipinski definition) is 6. The summed E-state index contributed by atoms with van der Waals surface area (Å²) in [6.07, 6.45) is 0.0261. The van der Waals surface area contributed by atoms with Gasteiger partial charge in [-0.1, -0.05) is 0 Å². The molecule has 0 aliphatic heterocycles. The number of pyridine rings is 1. The van der Waals surface area contributed by atoms with E-state index in [9.17, 15) is 22.4 Å². The Bertz CT molecular complexity index is 1020. The molecular weight excluding hydrogens is 394 g/mol. The van der Waals surface area contributed by atoms with Gasteiger partial charge in [0, 0.05) is 19.4 Å². The fourth-order valence-corrected chi connectivity index (χ4v) is 2.61. The number of alkyl halides is 2. The number of carbonyl (C=O) groups is 1. The first-order valence-corrected chi connectivity index (χ1v) is 8.38. The van der Waals surface area contributed by atoms with E-state index in [0.29, 0.717) is 17.5 Å². The van der Waals surface area contributed by atoms with E-state index in [-0.39, 0.29) is 23.4 Å². The van der Waals surface area contributed by atoms with Crippen molar-refractivity contribution in [2.45, 2.75) is 25.9 Å². The number of carbonyl (C=O) groups excluding carboxylic acids is 1. The van der Waals surface area contributed by atoms with Crippen LogP contribution in [0.4, 0.5) is 17.6 Å². The first-order valence-electron chi connectivity index (χ1n) is 8.38. The largest absolute Gasteiger partial charge is 0.457 e. The SMILES string of the molecule is C[C@@H](OC(=O)Cc1c(-c2ncc(C(F)F)cn2)cnn1C)c1cc(F)cnc1F. The van der Waals surface area contributed by atoms with Crippen LogP contribution in [0.5, 0.6) is 0 Å². The molecule has 0 saturated carbocycles. The van der Waals surface area contributed by atoms with E-state index < -0.39 is 30.3 Å². The summed E-state index contributed by atoms with van der Waals surface area (Å²) < 4.78 is 58.9. The van der Waals surface area contributed by atoms with Crippen LogP contribution in [-0.2, 0) is 23.0 Å². The number of aromatic nitrogens is 5. The highest BCUT2D eigenvalue weighted by molar-refractivity contribution is 5.75. The van der Waals surface area contributed by atoms with Gasteiger partial charge in [-0.05, 0) is 13.0 Å². The maximum Gasteiger partial charge on any atom is 0.312 e. The summed E-state index contributed by atoms with van der Waals surface area (Å²) in [5.41, 5.74) is 0.189. The van der Waals surface area contributed by atoms with Crippen LogP contribution < -0.4 is 0 Å². The Morgan fingerprint density at radius 3 is 2.48 bits per heavy atom. The van der Waals surface area contributed by atoms with Crippen molar-refractivity contribution in [2.75, 3.05) is 0 Å². The van der Waals surface area contributed by atoms with E-state index >= 15 is 0 Å². The average molecular weight is 409 g/mol. The highest BCUT2D eigenvalue weighted by Crippen LogP contribution is 2.24. The van der Waals surface area contributed by atoms with Crippen molar-refractivity contribution in [1.82, 2.24) is 24.7 Å². The molecule has 1 atom stereocenters. The molecule has 0 aliphatic carbocycles. The third-order valence-corrected chi connectivity index (χ3v) is 4.12. The van der Waals surface area contributed by atoms with Gasteiger partial charge in [-0.25, -0.2) is 28.1 Å². The summed E-state index contributed by atoms with van der Waals surface area (Å²) >= 11 is 0. The van der Waals surface area contributed by atoms with Gasteiger partial charge in [-0.15, -0.1) is 0 Å². The van der Waals surface area contributed by atoms with Crippen molar-refractivity contribution in [1.29, 1.82) is 0 Å². The topological polar surface area (TPSA) is 82.8 Å². The second kappa shape index (κ2) is 8.33. The van der Waals surface area contributed by atoms with Crippen molar-refractivity contribution in [3.05, 3.63) is 59.4 Å². The molecule has 3 rings (SSSR count). The maximum atomic E-state index is 13.7. The summed E-state index contributed by atoms with van der Waals surface area (Å²) in [4.78, 5) is 23.4. The molecule has 0 radical (unpaired) electrons. The van der Waals surface area contributed by atoms with Crippen LogP contribution >= 0.6 is 0 Å². The highest BCUT2D eigenvalue weighted by Gasteiger charge is 2.21. The van der Waals surface area contributed by atoms with Crippen molar-refractivity contribution in [2.24, 2.45) is 7.05 Å². The van der Waals surface area contributed by atoms with Crippen LogP contribution in [0.2, 0.25) is 0 Å². The number of hydrogen-bond donors (Lipinski definition) is 0. The fourth-order valence-electron chi connectivity index (χ4n) is 2.61. The summed E-state index contributed by atoms with van der Waals surface area (Å²) in [5.74, 6) is -2.34. The van der Waals surface area contributed by atoms with Crippen LogP contribution in [0.3, 0.4) is 0 Å². The first kappa shape index (κ1) is 20.4. The number of rotatable bonds is 6. The Hall–Kier alpha value is -3.37. The molecule has 0 aromatic carbocycles. The number of ether oxygens (including phenoxy) is 1. The molecule has 152 valence electrons. The standard InChI is InChI=1S/C18H15F4N5O2/c1-9(12-3-11(19)7-23-17(12)22)29-15(28)4-14-13(8-26-27(14)2)18-24-5-10(6-25-18)16(20)21/h3,5-9,16H,4H2,1-2H3/t9-/m1/s1. The van der Waals surface area contributed by atoms with Gasteiger partial charge in [0.05, 0.1) is 41.2 Å². The van der Waals surface area contributed by atoms with E-state index in [0.717, 1.165) is 18.5 Å². The molecule has 11 heteroatoms. The summed E-state index contributed by atoms with van der Waals surface area (Å²) in [5, 5.41) is 4.03. The number of esters is 1. The molecule has 3 heterocycles. The Kier molecular flexibility index (Phi) is 5.85. The van der Waals surface area contributed by atoms with Crippen LogP contribution in [0.1, 0.15) is 36.3 Å². The van der Waals surface area contributed by atoms with Crippen LogP contribution in [-0.4, -0.2) is 30.7 Å². The van der Waals surface area contributed by atoms with Crippen molar-refractivity contribution in [3.63, 3.8) is 0 Å². The average Bonchev–Trinajstić information content (AvgIpc) is 3.04. The van der Waals surface area contributed by atoms with Gasteiger partial charge in [-0.3, -0.25) is 9.48 Å². The van der Waals surface area contributed by atoms with Gasteiger partial charge >= 0.3 is 5.97 Å². The molecule has 0 bridgehead atoms. The molecule has 29 heavy (non-hydrogen) atoms. The van der Waals surface area contributed by atoms with E-state index in [1.807, 2.05) is 0 Å². The Morgan fingerprint density at radius 1 is 1.14 bits per heavy atom. The molecule has 3 aromatic rings. The lowest BCUT2D eigenvalue weighted by Crippen LogP contribution is -2.15. The van der Waals surface area contributed by atoms with Gasteiger partial charge in [0.25, 0.3) is 6.43 Å². The monoisotopic (exact) mass is 409 g/mol. The smallest absolute Gasteiger partial charge is 0.312 e. The van der Waals surface area contributed by atoms with Crippen molar-refractivity contribution >= 4 is 5.97 Å². The predicted molar refractivity (Wildman–Crippen MR) is 91.6 cm³/mol. The minimum absolute atomic E-state index is 0.110. The summed E-state index contributed by atoms with van der Waals surface area (Å²) in [6.45, 7) is 1.38. The van der Waals surface area contributed by atoms with E-state index in [2.05, 4.69) is 20.1 Å². The molecule has 0 amide bonds. The fraction of sp³-hybridized carbons (Fsp3) is 0.278. The normalized spacial score (nSPS) is 12.2. The third kappa shape index (κ3) is 4.55. The molecule has 3 aromatic heterocycles. The predicted octanol–water partition coefficient (Wildman–Crippen LogP) is 3.33. The van der Waals surface area contributed by atoms with Crippen LogP contribution in [0.15, 0.2) is 30.9 Å². The molecule has 7 nitrogen and oxygen atoms in total. The molecule has 0 fully saturated rings. The number of aryl methyl sites for hydroxylation is 1. The Balaban J connectivity index is 1.77. The second-order valence-corrected chi connectivity index (χ2v) is 6.11. The van der Waals surface area contributed by atoms with Gasteiger partial charge < -0.3 is 4.74 Å². The minimum atomic E-state index is -2.70. The molecule has 0 saturated heterocycles. The molecule has 0 spiro atoms. The summed E-state index contributed by atoms with van der Waals surface area (Å²) in [6, 6.07) is 0.897. The van der Waals surface area contributed by atoms with Gasteiger partial charge in [0.1, 0.15) is 11.9 Å². The zero-order chi connectivity index (χ0) is 21.1. The first-order chi connectivity index (χ1) is 13.8. The molecule has 0 N–H and O–H groups in total. The zero-order valence-corrected chi connectivity index (χ0v) is 15.3. The molecular formula is C18H15F4N5O2. The number of halogens is 4. The molecule has 0 unspecified atom stereocenters. The maximum absolute atomic E-state index is 13.7. The van der Waals surface area contributed by atoms with Gasteiger partial charge in [0.15, 0.2) is 5.82 Å². The zero-order valence-electron chi connectivity index (χ0n) is 15.3. The number of nitrogens with zero attached hydrogens (tertiary/aromatic N) is 5. The van der Waals surface area contributed by atoms with E-state index in [1.165, 1.54) is 17.8 Å². The Labute approximate surface area is 162 Å². The highest BCUT2D eigenvalue weighted by atomic mass is 19.3.